The predicted octanol–water partition coefficient (Wildman–Crippen LogP) is 1.50. The summed E-state index contributed by atoms with van der Waals surface area (Å²) in [6, 6.07) is 7.05. The first-order valence-corrected chi connectivity index (χ1v) is 10.2. The van der Waals surface area contributed by atoms with E-state index in [0.29, 0.717) is 18.7 Å². The van der Waals surface area contributed by atoms with Crippen LogP contribution in [0.2, 0.25) is 0 Å². The van der Waals surface area contributed by atoms with Crippen LogP contribution < -0.4 is 5.43 Å². The molecule has 0 unspecified atom stereocenters. The number of rotatable bonds is 3. The van der Waals surface area contributed by atoms with Crippen LogP contribution in [0.15, 0.2) is 35.7 Å². The highest BCUT2D eigenvalue weighted by Crippen LogP contribution is 2.41. The van der Waals surface area contributed by atoms with Crippen molar-refractivity contribution in [2.75, 3.05) is 5.43 Å². The smallest absolute Gasteiger partial charge is 0.372 e. The maximum Gasteiger partial charge on any atom is 0.372 e. The number of nitrogens with one attached hydrogen (secondary N) is 1. The fourth-order valence-corrected chi connectivity index (χ4v) is 5.21. The molecule has 2 aliphatic rings. The number of aromatic nitrogens is 3. The second kappa shape index (κ2) is 6.72. The SMILES string of the molecule is N#Cc1cnn(-c2ccccn2)c1NN=C1C(=O)OC2(CCCCC2)S1(=O)=O. The first kappa shape index (κ1) is 18.1. The van der Waals surface area contributed by atoms with Gasteiger partial charge in [-0.15, -0.1) is 0 Å². The van der Waals surface area contributed by atoms with Gasteiger partial charge in [0.05, 0.1) is 6.20 Å². The van der Waals surface area contributed by atoms with Crippen molar-refractivity contribution in [2.45, 2.75) is 37.0 Å². The van der Waals surface area contributed by atoms with Crippen molar-refractivity contribution < 1.29 is 17.9 Å². The number of anilines is 1. The Kier molecular flexibility index (Phi) is 4.35. The Morgan fingerprint density at radius 2 is 2.07 bits per heavy atom. The summed E-state index contributed by atoms with van der Waals surface area (Å²) in [6.07, 6.45) is 5.58. The van der Waals surface area contributed by atoms with E-state index in [9.17, 15) is 18.5 Å². The van der Waals surface area contributed by atoms with Gasteiger partial charge in [0.1, 0.15) is 11.6 Å². The molecular formula is C17H16N6O4S. The summed E-state index contributed by atoms with van der Waals surface area (Å²) in [6.45, 7) is 0. The van der Waals surface area contributed by atoms with Gasteiger partial charge in [-0.05, 0) is 25.0 Å². The third kappa shape index (κ3) is 2.73. The number of sulfone groups is 1. The third-order valence-electron chi connectivity index (χ3n) is 4.83. The third-order valence-corrected chi connectivity index (χ3v) is 7.07. The van der Waals surface area contributed by atoms with Crippen molar-refractivity contribution in [1.82, 2.24) is 14.8 Å². The van der Waals surface area contributed by atoms with Crippen LogP contribution in [0.1, 0.15) is 37.7 Å². The summed E-state index contributed by atoms with van der Waals surface area (Å²) < 4.78 is 32.4. The molecule has 2 aromatic rings. The molecule has 0 aromatic carbocycles. The number of nitriles is 1. The molecule has 3 heterocycles. The maximum atomic E-state index is 12.9. The van der Waals surface area contributed by atoms with Crippen LogP contribution in [0.5, 0.6) is 0 Å². The molecule has 0 atom stereocenters. The zero-order valence-corrected chi connectivity index (χ0v) is 15.5. The Labute approximate surface area is 160 Å². The van der Waals surface area contributed by atoms with Crippen LogP contribution in [0, 0.1) is 11.3 Å². The summed E-state index contributed by atoms with van der Waals surface area (Å²) in [5.41, 5.74) is 2.62. The van der Waals surface area contributed by atoms with Crippen molar-refractivity contribution in [3.05, 3.63) is 36.2 Å². The zero-order chi connectivity index (χ0) is 19.8. The Balaban J connectivity index is 1.71. The van der Waals surface area contributed by atoms with E-state index in [1.807, 2.05) is 6.07 Å². The Hall–Kier alpha value is -3.26. The molecule has 10 nitrogen and oxygen atoms in total. The molecule has 1 saturated heterocycles. The van der Waals surface area contributed by atoms with Crippen molar-refractivity contribution in [3.63, 3.8) is 0 Å². The number of hydrogen-bond donors (Lipinski definition) is 1. The van der Waals surface area contributed by atoms with E-state index in [4.69, 9.17) is 4.74 Å². The highest BCUT2D eigenvalue weighted by molar-refractivity contribution is 8.09. The van der Waals surface area contributed by atoms with Gasteiger partial charge in [-0.3, -0.25) is 5.43 Å². The van der Waals surface area contributed by atoms with Gasteiger partial charge in [0.15, 0.2) is 11.6 Å². The first-order valence-electron chi connectivity index (χ1n) is 8.70. The van der Waals surface area contributed by atoms with Crippen molar-refractivity contribution in [3.8, 4) is 11.9 Å². The van der Waals surface area contributed by atoms with Gasteiger partial charge in [-0.1, -0.05) is 12.5 Å². The molecule has 1 spiro atoms. The number of nitrogens with zero attached hydrogens (tertiary/aromatic N) is 5. The second-order valence-electron chi connectivity index (χ2n) is 6.51. The zero-order valence-electron chi connectivity index (χ0n) is 14.7. The van der Waals surface area contributed by atoms with E-state index in [2.05, 4.69) is 20.6 Å². The number of pyridine rings is 1. The van der Waals surface area contributed by atoms with E-state index in [1.54, 1.807) is 24.4 Å². The summed E-state index contributed by atoms with van der Waals surface area (Å²) >= 11 is 0. The highest BCUT2D eigenvalue weighted by Gasteiger charge is 2.59. The lowest BCUT2D eigenvalue weighted by atomic mass is 9.97. The molecule has 0 bridgehead atoms. The van der Waals surface area contributed by atoms with E-state index in [1.165, 1.54) is 10.9 Å². The average molecular weight is 400 g/mol. The van der Waals surface area contributed by atoms with Gasteiger partial charge in [0.2, 0.25) is 14.8 Å². The van der Waals surface area contributed by atoms with Gasteiger partial charge in [-0.2, -0.15) is 20.1 Å². The Bertz CT molecular complexity index is 1090. The summed E-state index contributed by atoms with van der Waals surface area (Å²) in [4.78, 5) is 14.9. The molecule has 0 radical (unpaired) electrons. The lowest BCUT2D eigenvalue weighted by Crippen LogP contribution is -2.39. The molecule has 11 heteroatoms. The van der Waals surface area contributed by atoms with Crippen LogP contribution >= 0.6 is 0 Å². The number of carbonyl (C=O) groups is 1. The fourth-order valence-electron chi connectivity index (χ4n) is 3.41. The summed E-state index contributed by atoms with van der Waals surface area (Å²) in [5.74, 6) is -0.495. The minimum atomic E-state index is -4.06. The lowest BCUT2D eigenvalue weighted by molar-refractivity contribution is -0.143. The Morgan fingerprint density at radius 3 is 2.75 bits per heavy atom. The molecule has 144 valence electrons. The van der Waals surface area contributed by atoms with Gasteiger partial charge in [0.25, 0.3) is 5.04 Å². The fraction of sp³-hybridized carbons (Fsp3) is 0.353. The standard InChI is InChI=1S/C17H16N6O4S/c18-10-12-11-20-23(13-6-2-5-9-19-13)14(12)21-22-15-16(24)27-17(28(15,25)26)7-3-1-4-8-17/h2,5-6,9,11,21H,1,3-4,7-8H2. The van der Waals surface area contributed by atoms with Crippen LogP contribution in [0.4, 0.5) is 5.82 Å². The Morgan fingerprint density at radius 1 is 1.29 bits per heavy atom. The van der Waals surface area contributed by atoms with Crippen molar-refractivity contribution in [2.24, 2.45) is 5.10 Å². The minimum Gasteiger partial charge on any atom is -0.437 e. The summed E-state index contributed by atoms with van der Waals surface area (Å²) in [7, 11) is -4.06. The quantitative estimate of drug-likeness (QED) is 0.604. The lowest BCUT2D eigenvalue weighted by Gasteiger charge is -2.29. The minimum absolute atomic E-state index is 0.0984. The van der Waals surface area contributed by atoms with Crippen LogP contribution in [-0.4, -0.2) is 39.1 Å². The molecule has 4 rings (SSSR count). The maximum absolute atomic E-state index is 12.9. The monoisotopic (exact) mass is 400 g/mol. The molecule has 1 aliphatic carbocycles. The highest BCUT2D eigenvalue weighted by atomic mass is 32.2. The van der Waals surface area contributed by atoms with E-state index in [-0.39, 0.29) is 24.2 Å². The topological polar surface area (TPSA) is 139 Å². The molecule has 1 N–H and O–H groups in total. The number of esters is 1. The van der Waals surface area contributed by atoms with E-state index < -0.39 is 25.8 Å². The van der Waals surface area contributed by atoms with Crippen molar-refractivity contribution in [1.29, 1.82) is 5.26 Å². The second-order valence-corrected chi connectivity index (χ2v) is 8.65. The van der Waals surface area contributed by atoms with Gasteiger partial charge in [-0.25, -0.2) is 18.2 Å². The number of ether oxygens (including phenoxy) is 1. The van der Waals surface area contributed by atoms with Crippen molar-refractivity contribution >= 4 is 26.7 Å². The van der Waals surface area contributed by atoms with E-state index in [0.717, 1.165) is 6.42 Å². The molecular weight excluding hydrogens is 384 g/mol. The number of hydrazone groups is 1. The van der Waals surface area contributed by atoms with Gasteiger partial charge in [0, 0.05) is 19.0 Å². The van der Waals surface area contributed by atoms with E-state index >= 15 is 0 Å². The normalized spacial score (nSPS) is 21.4. The largest absolute Gasteiger partial charge is 0.437 e. The average Bonchev–Trinajstić information content (AvgIpc) is 3.18. The molecule has 1 aliphatic heterocycles. The van der Waals surface area contributed by atoms with Crippen LogP contribution in [-0.2, 0) is 19.4 Å². The molecule has 2 fully saturated rings. The van der Waals surface area contributed by atoms with Crippen LogP contribution in [0.3, 0.4) is 0 Å². The first-order chi connectivity index (χ1) is 13.5. The number of hydrogen-bond acceptors (Lipinski definition) is 9. The van der Waals surface area contributed by atoms with Gasteiger partial charge < -0.3 is 4.74 Å². The summed E-state index contributed by atoms with van der Waals surface area (Å²) in [5, 5.41) is 16.5. The van der Waals surface area contributed by atoms with Crippen LogP contribution in [0.25, 0.3) is 5.82 Å². The molecule has 2 aromatic heterocycles. The number of carbonyl (C=O) groups excluding carboxylic acids is 1. The van der Waals surface area contributed by atoms with Gasteiger partial charge >= 0.3 is 5.97 Å². The molecule has 0 amide bonds. The molecule has 1 saturated carbocycles. The predicted molar refractivity (Wildman–Crippen MR) is 98.0 cm³/mol. The molecule has 28 heavy (non-hydrogen) atoms.